The molecule has 0 bridgehead atoms. The van der Waals surface area contributed by atoms with Gasteiger partial charge in [0.1, 0.15) is 0 Å². The fraction of sp³-hybridized carbons (Fsp3) is 0.0714. The Balaban J connectivity index is 2.12. The molecule has 2 heterocycles. The molecule has 2 nitrogen and oxygen atoms in total. The molecule has 90 valence electrons. The van der Waals surface area contributed by atoms with Crippen molar-refractivity contribution in [2.45, 2.75) is 6.54 Å². The summed E-state index contributed by atoms with van der Waals surface area (Å²) in [5.41, 5.74) is 1.06. The summed E-state index contributed by atoms with van der Waals surface area (Å²) in [6.07, 6.45) is 1.86. The molecule has 2 aromatic heterocycles. The molecule has 0 aliphatic heterocycles. The number of thiophene rings is 1. The van der Waals surface area contributed by atoms with Gasteiger partial charge < -0.3 is 4.57 Å². The molecule has 0 saturated carbocycles. The van der Waals surface area contributed by atoms with Gasteiger partial charge in [-0.1, -0.05) is 12.1 Å². The van der Waals surface area contributed by atoms with Crippen LogP contribution in [0, 0.1) is 0 Å². The molecule has 0 fully saturated rings. The van der Waals surface area contributed by atoms with Gasteiger partial charge in [-0.2, -0.15) is 0 Å². The number of aromatic nitrogens is 1. The summed E-state index contributed by atoms with van der Waals surface area (Å²) in [6, 6.07) is 11.5. The maximum Gasteiger partial charge on any atom is 0.189 e. The largest absolute Gasteiger partial charge is 0.342 e. The Morgan fingerprint density at radius 1 is 1.22 bits per heavy atom. The maximum atomic E-state index is 11.8. The van der Waals surface area contributed by atoms with Gasteiger partial charge in [-0.25, -0.2) is 0 Å². The standard InChI is InChI=1S/C14H10BrNOS/c15-10-7-11(18-9-10)8-16-6-5-14(17)12-3-1-2-4-13(12)16/h1-7,9H,8H2. The molecule has 0 aliphatic rings. The highest BCUT2D eigenvalue weighted by molar-refractivity contribution is 9.10. The van der Waals surface area contributed by atoms with Crippen LogP contribution in [0.25, 0.3) is 10.9 Å². The smallest absolute Gasteiger partial charge is 0.189 e. The molecule has 3 rings (SSSR count). The summed E-state index contributed by atoms with van der Waals surface area (Å²) in [5, 5.41) is 2.84. The first kappa shape index (κ1) is 11.7. The lowest BCUT2D eigenvalue weighted by atomic mass is 10.2. The van der Waals surface area contributed by atoms with E-state index in [1.54, 1.807) is 17.4 Å². The molecule has 0 atom stereocenters. The van der Waals surface area contributed by atoms with Crippen LogP contribution in [0.2, 0.25) is 0 Å². The number of hydrogen-bond acceptors (Lipinski definition) is 2. The first-order chi connectivity index (χ1) is 8.74. The summed E-state index contributed by atoms with van der Waals surface area (Å²) < 4.78 is 3.21. The lowest BCUT2D eigenvalue weighted by Crippen LogP contribution is -2.07. The Morgan fingerprint density at radius 3 is 2.83 bits per heavy atom. The van der Waals surface area contributed by atoms with Crippen molar-refractivity contribution in [1.82, 2.24) is 4.57 Å². The predicted octanol–water partition coefficient (Wildman–Crippen LogP) is 3.87. The zero-order chi connectivity index (χ0) is 12.5. The Bertz CT molecular complexity index is 760. The number of rotatable bonds is 2. The van der Waals surface area contributed by atoms with E-state index in [1.807, 2.05) is 30.5 Å². The van der Waals surface area contributed by atoms with Gasteiger partial charge in [0.2, 0.25) is 0 Å². The highest BCUT2D eigenvalue weighted by Gasteiger charge is 2.04. The van der Waals surface area contributed by atoms with Gasteiger partial charge in [0.25, 0.3) is 0 Å². The van der Waals surface area contributed by atoms with Crippen molar-refractivity contribution in [3.63, 3.8) is 0 Å². The van der Waals surface area contributed by atoms with Crippen LogP contribution in [0.5, 0.6) is 0 Å². The van der Waals surface area contributed by atoms with Crippen LogP contribution in [-0.2, 0) is 6.54 Å². The topological polar surface area (TPSA) is 22.0 Å². The number of pyridine rings is 1. The van der Waals surface area contributed by atoms with Gasteiger partial charge in [0.05, 0.1) is 12.1 Å². The average molecular weight is 320 g/mol. The molecular weight excluding hydrogens is 310 g/mol. The van der Waals surface area contributed by atoms with Crippen molar-refractivity contribution < 1.29 is 0 Å². The van der Waals surface area contributed by atoms with Gasteiger partial charge in [0, 0.05) is 32.4 Å². The number of fused-ring (bicyclic) bond motifs is 1. The number of para-hydroxylation sites is 1. The van der Waals surface area contributed by atoms with Gasteiger partial charge in [0.15, 0.2) is 5.43 Å². The van der Waals surface area contributed by atoms with Crippen molar-refractivity contribution in [2.24, 2.45) is 0 Å². The molecule has 3 aromatic rings. The van der Waals surface area contributed by atoms with E-state index in [-0.39, 0.29) is 5.43 Å². The fourth-order valence-corrected chi connectivity index (χ4v) is 3.45. The number of hydrogen-bond donors (Lipinski definition) is 0. The zero-order valence-electron chi connectivity index (χ0n) is 9.47. The second-order valence-electron chi connectivity index (χ2n) is 4.06. The fourth-order valence-electron chi connectivity index (χ4n) is 2.00. The van der Waals surface area contributed by atoms with Crippen LogP contribution >= 0.6 is 27.3 Å². The summed E-state index contributed by atoms with van der Waals surface area (Å²) in [6.45, 7) is 0.789. The first-order valence-electron chi connectivity index (χ1n) is 5.55. The van der Waals surface area contributed by atoms with Gasteiger partial charge in [-0.05, 0) is 34.1 Å². The second-order valence-corrected chi connectivity index (χ2v) is 5.97. The molecule has 1 aromatic carbocycles. The van der Waals surface area contributed by atoms with E-state index in [4.69, 9.17) is 0 Å². The summed E-state index contributed by atoms with van der Waals surface area (Å²) in [7, 11) is 0. The molecule has 18 heavy (non-hydrogen) atoms. The van der Waals surface area contributed by atoms with Crippen LogP contribution in [0.4, 0.5) is 0 Å². The normalized spacial score (nSPS) is 10.9. The molecule has 0 radical (unpaired) electrons. The maximum absolute atomic E-state index is 11.8. The van der Waals surface area contributed by atoms with Crippen LogP contribution < -0.4 is 5.43 Å². The Morgan fingerprint density at radius 2 is 2.06 bits per heavy atom. The predicted molar refractivity (Wildman–Crippen MR) is 79.3 cm³/mol. The van der Waals surface area contributed by atoms with Gasteiger partial charge in [-0.15, -0.1) is 11.3 Å². The van der Waals surface area contributed by atoms with E-state index in [2.05, 4.69) is 31.9 Å². The second kappa shape index (κ2) is 4.71. The lowest BCUT2D eigenvalue weighted by molar-refractivity contribution is 0.839. The monoisotopic (exact) mass is 319 g/mol. The minimum Gasteiger partial charge on any atom is -0.342 e. The van der Waals surface area contributed by atoms with Crippen molar-refractivity contribution in [1.29, 1.82) is 0 Å². The van der Waals surface area contributed by atoms with E-state index in [0.29, 0.717) is 0 Å². The molecule has 0 saturated heterocycles. The zero-order valence-corrected chi connectivity index (χ0v) is 11.9. The third-order valence-corrected chi connectivity index (χ3v) is 4.52. The third kappa shape index (κ3) is 2.13. The lowest BCUT2D eigenvalue weighted by Gasteiger charge is -2.08. The van der Waals surface area contributed by atoms with Crippen LogP contribution in [0.1, 0.15) is 4.88 Å². The van der Waals surface area contributed by atoms with E-state index in [1.165, 1.54) is 4.88 Å². The molecule has 0 amide bonds. The van der Waals surface area contributed by atoms with E-state index in [9.17, 15) is 4.79 Å². The molecule has 0 N–H and O–H groups in total. The quantitative estimate of drug-likeness (QED) is 0.702. The van der Waals surface area contributed by atoms with E-state index >= 15 is 0 Å². The molecule has 4 heteroatoms. The van der Waals surface area contributed by atoms with Crippen molar-refractivity contribution in [3.8, 4) is 0 Å². The number of halogens is 1. The minimum absolute atomic E-state index is 0.0780. The summed E-state index contributed by atoms with van der Waals surface area (Å²) in [4.78, 5) is 13.0. The molecular formula is C14H10BrNOS. The van der Waals surface area contributed by atoms with Crippen LogP contribution in [0.15, 0.2) is 57.2 Å². The average Bonchev–Trinajstić information content (AvgIpc) is 2.79. The SMILES string of the molecule is O=c1ccn(Cc2cc(Br)cs2)c2ccccc12. The first-order valence-corrected chi connectivity index (χ1v) is 7.22. The minimum atomic E-state index is 0.0780. The summed E-state index contributed by atoms with van der Waals surface area (Å²) >= 11 is 5.17. The molecule has 0 aliphatic carbocycles. The van der Waals surface area contributed by atoms with Gasteiger partial charge >= 0.3 is 0 Å². The van der Waals surface area contributed by atoms with Crippen LogP contribution in [-0.4, -0.2) is 4.57 Å². The van der Waals surface area contributed by atoms with E-state index in [0.717, 1.165) is 21.9 Å². The van der Waals surface area contributed by atoms with Crippen molar-refractivity contribution in [2.75, 3.05) is 0 Å². The Kier molecular flexibility index (Phi) is 3.06. The Hall–Kier alpha value is -1.39. The highest BCUT2D eigenvalue weighted by Crippen LogP contribution is 2.21. The third-order valence-electron chi connectivity index (χ3n) is 2.83. The van der Waals surface area contributed by atoms with E-state index < -0.39 is 0 Å². The number of nitrogens with zero attached hydrogens (tertiary/aromatic N) is 1. The van der Waals surface area contributed by atoms with Crippen LogP contribution in [0.3, 0.4) is 0 Å². The van der Waals surface area contributed by atoms with Crippen molar-refractivity contribution in [3.05, 3.63) is 67.5 Å². The van der Waals surface area contributed by atoms with Gasteiger partial charge in [-0.3, -0.25) is 4.79 Å². The molecule has 0 unspecified atom stereocenters. The Labute approximate surface area is 117 Å². The number of benzene rings is 1. The highest BCUT2D eigenvalue weighted by atomic mass is 79.9. The van der Waals surface area contributed by atoms with Crippen molar-refractivity contribution >= 4 is 38.2 Å². The summed E-state index contributed by atoms with van der Waals surface area (Å²) in [5.74, 6) is 0. The molecule has 0 spiro atoms.